The van der Waals surface area contributed by atoms with E-state index in [1.165, 1.54) is 30.2 Å². The highest BCUT2D eigenvalue weighted by Crippen LogP contribution is 2.37. The van der Waals surface area contributed by atoms with Gasteiger partial charge in [-0.3, -0.25) is 4.79 Å². The highest BCUT2D eigenvalue weighted by atomic mass is 16.2. The molecule has 4 rings (SSSR count). The van der Waals surface area contributed by atoms with Crippen molar-refractivity contribution in [3.05, 3.63) is 36.0 Å². The van der Waals surface area contributed by atoms with E-state index in [-0.39, 0.29) is 0 Å². The Morgan fingerprint density at radius 3 is 2.76 bits per heavy atom. The maximum Gasteiger partial charge on any atom is 0.222 e. The average molecular weight is 282 g/mol. The number of hydrogen-bond acceptors (Lipinski definition) is 1. The van der Waals surface area contributed by atoms with Gasteiger partial charge in [-0.1, -0.05) is 24.6 Å². The van der Waals surface area contributed by atoms with Gasteiger partial charge in [-0.25, -0.2) is 0 Å². The quantitative estimate of drug-likeness (QED) is 0.920. The van der Waals surface area contributed by atoms with Crippen LogP contribution in [0.2, 0.25) is 0 Å². The number of carbonyl (C=O) groups is 1. The van der Waals surface area contributed by atoms with E-state index in [1.807, 2.05) is 6.07 Å². The molecule has 1 aliphatic heterocycles. The number of benzene rings is 1. The van der Waals surface area contributed by atoms with Crippen molar-refractivity contribution in [3.63, 3.8) is 0 Å². The third-order valence-electron chi connectivity index (χ3n) is 5.36. The van der Waals surface area contributed by atoms with Gasteiger partial charge in [0.1, 0.15) is 0 Å². The number of carbonyl (C=O) groups excluding carboxylic acids is 1. The van der Waals surface area contributed by atoms with E-state index < -0.39 is 0 Å². The van der Waals surface area contributed by atoms with E-state index in [1.54, 1.807) is 0 Å². The molecule has 2 atom stereocenters. The predicted octanol–water partition coefficient (Wildman–Crippen LogP) is 3.36. The molecule has 1 aliphatic carbocycles. The van der Waals surface area contributed by atoms with Gasteiger partial charge in [-0.2, -0.15) is 0 Å². The summed E-state index contributed by atoms with van der Waals surface area (Å²) in [4.78, 5) is 17.8. The molecule has 2 heterocycles. The standard InChI is InChI=1S/C18H22N2O/c21-18(20-11-14-4-3-5-15(14)12-20)9-8-13-10-19-17-7-2-1-6-16(13)17/h1-2,6-7,10,14-15,19H,3-5,8-9,11-12H2. The third-order valence-corrected chi connectivity index (χ3v) is 5.36. The summed E-state index contributed by atoms with van der Waals surface area (Å²) in [7, 11) is 0. The molecule has 110 valence electrons. The Labute approximate surface area is 125 Å². The van der Waals surface area contributed by atoms with Crippen molar-refractivity contribution in [1.29, 1.82) is 0 Å². The van der Waals surface area contributed by atoms with Crippen molar-refractivity contribution in [2.45, 2.75) is 32.1 Å². The molecule has 1 aromatic heterocycles. The number of H-pyrrole nitrogens is 1. The molecule has 2 aromatic rings. The van der Waals surface area contributed by atoms with Crippen LogP contribution in [0.15, 0.2) is 30.5 Å². The molecule has 0 radical (unpaired) electrons. The lowest BCUT2D eigenvalue weighted by atomic mass is 10.0. The Kier molecular flexibility index (Phi) is 3.21. The van der Waals surface area contributed by atoms with Gasteiger partial charge in [0.05, 0.1) is 0 Å². The Hall–Kier alpha value is -1.77. The first-order valence-electron chi connectivity index (χ1n) is 8.14. The first kappa shape index (κ1) is 12.9. The summed E-state index contributed by atoms with van der Waals surface area (Å²) in [5.74, 6) is 1.93. The third kappa shape index (κ3) is 2.35. The smallest absolute Gasteiger partial charge is 0.222 e. The van der Waals surface area contributed by atoms with Gasteiger partial charge in [0.2, 0.25) is 5.91 Å². The van der Waals surface area contributed by atoms with Crippen molar-refractivity contribution in [2.24, 2.45) is 11.8 Å². The summed E-state index contributed by atoms with van der Waals surface area (Å²) in [5.41, 5.74) is 2.42. The summed E-state index contributed by atoms with van der Waals surface area (Å²) >= 11 is 0. The van der Waals surface area contributed by atoms with Crippen LogP contribution in [0, 0.1) is 11.8 Å². The van der Waals surface area contributed by atoms with E-state index in [0.29, 0.717) is 12.3 Å². The normalized spacial score (nSPS) is 24.7. The van der Waals surface area contributed by atoms with Gasteiger partial charge in [-0.15, -0.1) is 0 Å². The maximum atomic E-state index is 12.4. The molecule has 1 N–H and O–H groups in total. The Bertz CT molecular complexity index is 648. The van der Waals surface area contributed by atoms with Gasteiger partial charge in [0, 0.05) is 36.6 Å². The number of amides is 1. The highest BCUT2D eigenvalue weighted by molar-refractivity contribution is 5.84. The number of aromatic nitrogens is 1. The van der Waals surface area contributed by atoms with Gasteiger partial charge < -0.3 is 9.88 Å². The number of para-hydroxylation sites is 1. The number of rotatable bonds is 3. The molecule has 1 amide bonds. The van der Waals surface area contributed by atoms with E-state index in [9.17, 15) is 4.79 Å². The van der Waals surface area contributed by atoms with Crippen molar-refractivity contribution >= 4 is 16.8 Å². The first-order chi connectivity index (χ1) is 10.3. The maximum absolute atomic E-state index is 12.4. The van der Waals surface area contributed by atoms with Crippen LogP contribution in [0.4, 0.5) is 0 Å². The largest absolute Gasteiger partial charge is 0.361 e. The Balaban J connectivity index is 1.39. The van der Waals surface area contributed by atoms with E-state index in [0.717, 1.165) is 36.9 Å². The number of aromatic amines is 1. The zero-order valence-electron chi connectivity index (χ0n) is 12.3. The fourth-order valence-corrected chi connectivity index (χ4v) is 4.18. The molecule has 1 aromatic carbocycles. The second kappa shape index (κ2) is 5.21. The molecule has 2 unspecified atom stereocenters. The molecule has 2 fully saturated rings. The van der Waals surface area contributed by atoms with E-state index in [4.69, 9.17) is 0 Å². The molecular formula is C18H22N2O. The number of nitrogens with one attached hydrogen (secondary N) is 1. The number of aryl methyl sites for hydroxylation is 1. The molecular weight excluding hydrogens is 260 g/mol. The Morgan fingerprint density at radius 1 is 1.19 bits per heavy atom. The lowest BCUT2D eigenvalue weighted by molar-refractivity contribution is -0.130. The highest BCUT2D eigenvalue weighted by Gasteiger charge is 2.37. The minimum Gasteiger partial charge on any atom is -0.361 e. The van der Waals surface area contributed by atoms with Crippen LogP contribution in [0.3, 0.4) is 0 Å². The fourth-order valence-electron chi connectivity index (χ4n) is 4.18. The molecule has 0 bridgehead atoms. The van der Waals surface area contributed by atoms with Crippen molar-refractivity contribution in [2.75, 3.05) is 13.1 Å². The summed E-state index contributed by atoms with van der Waals surface area (Å²) < 4.78 is 0. The molecule has 3 nitrogen and oxygen atoms in total. The first-order valence-corrected chi connectivity index (χ1v) is 8.14. The van der Waals surface area contributed by atoms with E-state index in [2.05, 4.69) is 34.3 Å². The summed E-state index contributed by atoms with van der Waals surface area (Å²) in [6.45, 7) is 2.02. The van der Waals surface area contributed by atoms with Crippen molar-refractivity contribution < 1.29 is 4.79 Å². The summed E-state index contributed by atoms with van der Waals surface area (Å²) in [6.07, 6.45) is 7.56. The van der Waals surface area contributed by atoms with Gasteiger partial charge in [-0.05, 0) is 42.7 Å². The topological polar surface area (TPSA) is 36.1 Å². The number of nitrogens with zero attached hydrogens (tertiary/aromatic N) is 1. The molecule has 0 spiro atoms. The van der Waals surface area contributed by atoms with Crippen LogP contribution < -0.4 is 0 Å². The zero-order valence-corrected chi connectivity index (χ0v) is 12.3. The van der Waals surface area contributed by atoms with Crippen LogP contribution in [-0.2, 0) is 11.2 Å². The molecule has 1 saturated heterocycles. The second-order valence-electron chi connectivity index (χ2n) is 6.61. The zero-order chi connectivity index (χ0) is 14.2. The van der Waals surface area contributed by atoms with Crippen molar-refractivity contribution in [1.82, 2.24) is 9.88 Å². The van der Waals surface area contributed by atoms with Crippen LogP contribution >= 0.6 is 0 Å². The average Bonchev–Trinajstić information content (AvgIpc) is 3.18. The van der Waals surface area contributed by atoms with E-state index >= 15 is 0 Å². The lowest BCUT2D eigenvalue weighted by Crippen LogP contribution is -2.29. The molecule has 2 aliphatic rings. The number of likely N-dealkylation sites (tertiary alicyclic amines) is 1. The van der Waals surface area contributed by atoms with Crippen LogP contribution in [0.1, 0.15) is 31.2 Å². The van der Waals surface area contributed by atoms with Crippen LogP contribution in [0.25, 0.3) is 10.9 Å². The Morgan fingerprint density at radius 2 is 1.95 bits per heavy atom. The van der Waals surface area contributed by atoms with Gasteiger partial charge >= 0.3 is 0 Å². The number of fused-ring (bicyclic) bond motifs is 2. The SMILES string of the molecule is O=C(CCc1c[nH]c2ccccc12)N1CC2CCCC2C1. The second-order valence-corrected chi connectivity index (χ2v) is 6.61. The van der Waals surface area contributed by atoms with Gasteiger partial charge in [0.25, 0.3) is 0 Å². The monoisotopic (exact) mass is 282 g/mol. The minimum atomic E-state index is 0.342. The van der Waals surface area contributed by atoms with Crippen LogP contribution in [0.5, 0.6) is 0 Å². The molecule has 21 heavy (non-hydrogen) atoms. The summed E-state index contributed by atoms with van der Waals surface area (Å²) in [5, 5.41) is 1.25. The lowest BCUT2D eigenvalue weighted by Gasteiger charge is -2.17. The predicted molar refractivity (Wildman–Crippen MR) is 84.0 cm³/mol. The summed E-state index contributed by atoms with van der Waals surface area (Å²) in [6, 6.07) is 8.31. The van der Waals surface area contributed by atoms with Crippen molar-refractivity contribution in [3.8, 4) is 0 Å². The molecule has 3 heteroatoms. The fraction of sp³-hybridized carbons (Fsp3) is 0.500. The number of hydrogen-bond donors (Lipinski definition) is 1. The minimum absolute atomic E-state index is 0.342. The van der Waals surface area contributed by atoms with Gasteiger partial charge in [0.15, 0.2) is 0 Å². The van der Waals surface area contributed by atoms with Crippen LogP contribution in [-0.4, -0.2) is 28.9 Å². The molecule has 1 saturated carbocycles.